The highest BCUT2D eigenvalue weighted by Crippen LogP contribution is 2.14. The molecule has 0 aromatic heterocycles. The van der Waals surface area contributed by atoms with Crippen LogP contribution < -0.4 is 0 Å². The lowest BCUT2D eigenvalue weighted by Gasteiger charge is -2.18. The maximum absolute atomic E-state index is 12.7. The first-order chi connectivity index (χ1) is 26.0. The third-order valence-corrected chi connectivity index (χ3v) is 9.91. The van der Waals surface area contributed by atoms with Crippen LogP contribution in [0.25, 0.3) is 0 Å². The van der Waals surface area contributed by atoms with E-state index in [1.54, 1.807) is 0 Å². The zero-order chi connectivity index (χ0) is 38.7. The molecule has 0 rings (SSSR count). The number of hydrogen-bond donors (Lipinski definition) is 0. The summed E-state index contributed by atoms with van der Waals surface area (Å²) in [6.45, 7) is 6.54. The first-order valence-electron chi connectivity index (χ1n) is 22.8. The van der Waals surface area contributed by atoms with Gasteiger partial charge in [0.2, 0.25) is 0 Å². The molecule has 0 aromatic rings. The summed E-state index contributed by atoms with van der Waals surface area (Å²) >= 11 is 0. The molecule has 0 aromatic carbocycles. The molecule has 0 N–H and O–H groups in total. The van der Waals surface area contributed by atoms with Crippen molar-refractivity contribution in [1.82, 2.24) is 0 Å². The van der Waals surface area contributed by atoms with Gasteiger partial charge in [0.05, 0.1) is 0 Å². The number of esters is 3. The number of allylic oxidation sites excluding steroid dienone is 4. The first-order valence-corrected chi connectivity index (χ1v) is 22.8. The van der Waals surface area contributed by atoms with Crippen molar-refractivity contribution in [2.45, 2.75) is 245 Å². The number of rotatable bonds is 41. The summed E-state index contributed by atoms with van der Waals surface area (Å²) in [4.78, 5) is 37.7. The van der Waals surface area contributed by atoms with E-state index < -0.39 is 6.10 Å². The SMILES string of the molecule is CCC/C=C\CCCCCCCC(=O)OCC(COC(=O)CCCCCCC/C=C\CCCCCC)OC(=O)CCCCCCCCCCCCCC. The second-order valence-corrected chi connectivity index (χ2v) is 15.3. The zero-order valence-electron chi connectivity index (χ0n) is 35.3. The van der Waals surface area contributed by atoms with Gasteiger partial charge in [0.1, 0.15) is 13.2 Å². The van der Waals surface area contributed by atoms with Crippen LogP contribution in [-0.4, -0.2) is 37.2 Å². The van der Waals surface area contributed by atoms with Gasteiger partial charge in [-0.15, -0.1) is 0 Å². The number of carbonyl (C=O) groups excluding carboxylic acids is 3. The first kappa shape index (κ1) is 50.9. The molecule has 0 heterocycles. The maximum atomic E-state index is 12.7. The van der Waals surface area contributed by atoms with Crippen LogP contribution >= 0.6 is 0 Å². The zero-order valence-corrected chi connectivity index (χ0v) is 35.3. The summed E-state index contributed by atoms with van der Waals surface area (Å²) in [6, 6.07) is 0. The lowest BCUT2D eigenvalue weighted by Crippen LogP contribution is -2.30. The molecule has 0 aliphatic heterocycles. The highest BCUT2D eigenvalue weighted by molar-refractivity contribution is 5.71. The van der Waals surface area contributed by atoms with Crippen LogP contribution in [0.4, 0.5) is 0 Å². The van der Waals surface area contributed by atoms with Crippen molar-refractivity contribution in [3.05, 3.63) is 24.3 Å². The summed E-state index contributed by atoms with van der Waals surface area (Å²) in [5.41, 5.74) is 0. The fourth-order valence-corrected chi connectivity index (χ4v) is 6.44. The van der Waals surface area contributed by atoms with E-state index in [1.165, 1.54) is 122 Å². The molecular formula is C47H86O6. The second kappa shape index (κ2) is 42.6. The van der Waals surface area contributed by atoms with Gasteiger partial charge in [-0.05, 0) is 64.2 Å². The van der Waals surface area contributed by atoms with Gasteiger partial charge in [0.15, 0.2) is 6.10 Å². The quantitative estimate of drug-likeness (QED) is 0.0268. The Labute approximate surface area is 328 Å². The van der Waals surface area contributed by atoms with Gasteiger partial charge < -0.3 is 14.2 Å². The third kappa shape index (κ3) is 40.9. The number of carbonyl (C=O) groups is 3. The molecule has 0 amide bonds. The van der Waals surface area contributed by atoms with Crippen LogP contribution in [0.2, 0.25) is 0 Å². The number of hydrogen-bond acceptors (Lipinski definition) is 6. The van der Waals surface area contributed by atoms with Gasteiger partial charge in [-0.2, -0.15) is 0 Å². The Kier molecular flexibility index (Phi) is 40.9. The predicted octanol–water partition coefficient (Wildman–Crippen LogP) is 14.4. The fourth-order valence-electron chi connectivity index (χ4n) is 6.44. The van der Waals surface area contributed by atoms with Crippen LogP contribution in [0.15, 0.2) is 24.3 Å². The molecule has 0 radical (unpaired) electrons. The molecule has 0 fully saturated rings. The smallest absolute Gasteiger partial charge is 0.306 e. The van der Waals surface area contributed by atoms with Gasteiger partial charge in [0, 0.05) is 19.3 Å². The normalized spacial score (nSPS) is 12.1. The van der Waals surface area contributed by atoms with E-state index in [9.17, 15) is 14.4 Å². The van der Waals surface area contributed by atoms with Crippen molar-refractivity contribution in [1.29, 1.82) is 0 Å². The Morgan fingerprint density at radius 3 is 1.04 bits per heavy atom. The molecule has 1 unspecified atom stereocenters. The van der Waals surface area contributed by atoms with Gasteiger partial charge >= 0.3 is 17.9 Å². The van der Waals surface area contributed by atoms with E-state index in [1.807, 2.05) is 0 Å². The van der Waals surface area contributed by atoms with E-state index in [2.05, 4.69) is 45.1 Å². The lowest BCUT2D eigenvalue weighted by atomic mass is 10.0. The van der Waals surface area contributed by atoms with Crippen molar-refractivity contribution >= 4 is 17.9 Å². The van der Waals surface area contributed by atoms with Crippen molar-refractivity contribution in [2.24, 2.45) is 0 Å². The Bertz CT molecular complexity index is 865. The minimum Gasteiger partial charge on any atom is -0.462 e. The molecular weight excluding hydrogens is 661 g/mol. The second-order valence-electron chi connectivity index (χ2n) is 15.3. The molecule has 53 heavy (non-hydrogen) atoms. The van der Waals surface area contributed by atoms with E-state index in [4.69, 9.17) is 14.2 Å². The van der Waals surface area contributed by atoms with Gasteiger partial charge in [-0.1, -0.05) is 180 Å². The van der Waals surface area contributed by atoms with Gasteiger partial charge in [-0.3, -0.25) is 14.4 Å². The topological polar surface area (TPSA) is 78.9 Å². The molecule has 0 spiro atoms. The summed E-state index contributed by atoms with van der Waals surface area (Å²) in [5, 5.41) is 0. The predicted molar refractivity (Wildman–Crippen MR) is 224 cm³/mol. The van der Waals surface area contributed by atoms with Gasteiger partial charge in [-0.25, -0.2) is 0 Å². The number of ether oxygens (including phenoxy) is 3. The van der Waals surface area contributed by atoms with Crippen molar-refractivity contribution in [2.75, 3.05) is 13.2 Å². The highest BCUT2D eigenvalue weighted by atomic mass is 16.6. The molecule has 0 bridgehead atoms. The summed E-state index contributed by atoms with van der Waals surface area (Å²) in [7, 11) is 0. The van der Waals surface area contributed by atoms with Crippen LogP contribution in [0.3, 0.4) is 0 Å². The van der Waals surface area contributed by atoms with Crippen LogP contribution in [-0.2, 0) is 28.6 Å². The fraction of sp³-hybridized carbons (Fsp3) is 0.851. The van der Waals surface area contributed by atoms with E-state index >= 15 is 0 Å². The number of unbranched alkanes of at least 4 members (excludes halogenated alkanes) is 26. The minimum absolute atomic E-state index is 0.0756. The molecule has 0 saturated heterocycles. The summed E-state index contributed by atoms with van der Waals surface area (Å²) in [6.07, 6.45) is 45.8. The van der Waals surface area contributed by atoms with E-state index in [-0.39, 0.29) is 31.1 Å². The van der Waals surface area contributed by atoms with Crippen molar-refractivity contribution < 1.29 is 28.6 Å². The van der Waals surface area contributed by atoms with E-state index in [0.29, 0.717) is 19.3 Å². The lowest BCUT2D eigenvalue weighted by molar-refractivity contribution is -0.167. The van der Waals surface area contributed by atoms with Crippen molar-refractivity contribution in [3.8, 4) is 0 Å². The Morgan fingerprint density at radius 2 is 0.660 bits per heavy atom. The Morgan fingerprint density at radius 1 is 0.358 bits per heavy atom. The Hall–Kier alpha value is -2.11. The summed E-state index contributed by atoms with van der Waals surface area (Å²) in [5.74, 6) is -0.890. The molecule has 0 aliphatic carbocycles. The Balaban J connectivity index is 4.36. The van der Waals surface area contributed by atoms with E-state index in [0.717, 1.165) is 77.0 Å². The largest absolute Gasteiger partial charge is 0.462 e. The molecule has 310 valence electrons. The highest BCUT2D eigenvalue weighted by Gasteiger charge is 2.19. The molecule has 6 nitrogen and oxygen atoms in total. The van der Waals surface area contributed by atoms with Crippen LogP contribution in [0.1, 0.15) is 239 Å². The van der Waals surface area contributed by atoms with Gasteiger partial charge in [0.25, 0.3) is 0 Å². The molecule has 6 heteroatoms. The summed E-state index contributed by atoms with van der Waals surface area (Å²) < 4.78 is 16.7. The van der Waals surface area contributed by atoms with Crippen molar-refractivity contribution in [3.63, 3.8) is 0 Å². The minimum atomic E-state index is -0.770. The molecule has 0 saturated carbocycles. The van der Waals surface area contributed by atoms with Crippen LogP contribution in [0.5, 0.6) is 0 Å². The molecule has 0 aliphatic rings. The third-order valence-electron chi connectivity index (χ3n) is 9.91. The monoisotopic (exact) mass is 747 g/mol. The average Bonchev–Trinajstić information content (AvgIpc) is 3.15. The average molecular weight is 747 g/mol. The standard InChI is InChI=1S/C47H86O6/c1-4-7-10-13-16-19-22-24-26-28-31-34-37-40-46(49)52-43-44(42-51-45(48)39-36-33-30-27-21-18-15-12-9-6-3)53-47(50)41-38-35-32-29-25-23-20-17-14-11-8-5-2/h12,15,19,22,44H,4-11,13-14,16-18,20-21,23-43H2,1-3H3/b15-12-,22-19-. The molecule has 1 atom stereocenters. The maximum Gasteiger partial charge on any atom is 0.306 e. The van der Waals surface area contributed by atoms with Crippen LogP contribution in [0, 0.1) is 0 Å².